The smallest absolute Gasteiger partial charge is 0.261 e. The van der Waals surface area contributed by atoms with E-state index in [9.17, 15) is 14.0 Å². The van der Waals surface area contributed by atoms with Crippen molar-refractivity contribution in [1.29, 1.82) is 0 Å². The molecule has 2 amide bonds. The second-order valence-electron chi connectivity index (χ2n) is 8.72. The number of carbonyl (C=O) groups excluding carboxylic acids is 2. The fourth-order valence-corrected chi connectivity index (χ4v) is 3.24. The number of carbonyl (C=O) groups is 2. The molecular formula is C24H30FN5O3. The fraction of sp³-hybridized carbons (Fsp3) is 0.417. The van der Waals surface area contributed by atoms with E-state index in [-0.39, 0.29) is 36.1 Å². The number of halogens is 1. The molecule has 33 heavy (non-hydrogen) atoms. The van der Waals surface area contributed by atoms with E-state index >= 15 is 0 Å². The standard InChI is InChI=1S/C24H30FN5O3/c1-14(2)23(26)29-22(31)13-30-11-18(12-30)33-17-6-8-21(27-10-17)16-5-7-19(20(25)9-16)24(32)28-15(3)4/h5-10,14-15,18H,11-13H2,1-4H3,(H,28,32)(H2,26,29,31). The number of hydrogen-bond acceptors (Lipinski definition) is 5. The lowest BCUT2D eigenvalue weighted by molar-refractivity contribution is -0.121. The van der Waals surface area contributed by atoms with Crippen LogP contribution in [0.2, 0.25) is 0 Å². The predicted molar refractivity (Wildman–Crippen MR) is 125 cm³/mol. The normalized spacial score (nSPS) is 14.9. The number of amides is 2. The highest BCUT2D eigenvalue weighted by atomic mass is 19.1. The zero-order valence-corrected chi connectivity index (χ0v) is 19.3. The summed E-state index contributed by atoms with van der Waals surface area (Å²) >= 11 is 0. The van der Waals surface area contributed by atoms with Gasteiger partial charge < -0.3 is 15.8 Å². The summed E-state index contributed by atoms with van der Waals surface area (Å²) in [5.74, 6) is -0.340. The van der Waals surface area contributed by atoms with Gasteiger partial charge in [-0.25, -0.2) is 4.39 Å². The number of amidine groups is 1. The van der Waals surface area contributed by atoms with Gasteiger partial charge in [0.15, 0.2) is 0 Å². The predicted octanol–water partition coefficient (Wildman–Crippen LogP) is 2.63. The monoisotopic (exact) mass is 455 g/mol. The van der Waals surface area contributed by atoms with Crippen molar-refractivity contribution in [3.05, 3.63) is 47.9 Å². The highest BCUT2D eigenvalue weighted by molar-refractivity contribution is 5.95. The van der Waals surface area contributed by atoms with Crippen LogP contribution in [0.25, 0.3) is 11.3 Å². The van der Waals surface area contributed by atoms with E-state index in [0.29, 0.717) is 35.9 Å². The van der Waals surface area contributed by atoms with Gasteiger partial charge in [0.2, 0.25) is 0 Å². The molecule has 1 aliphatic heterocycles. The third kappa shape index (κ3) is 6.58. The molecule has 0 radical (unpaired) electrons. The van der Waals surface area contributed by atoms with Crippen molar-refractivity contribution >= 4 is 17.6 Å². The SMILES string of the molecule is CC(C)NC(=O)c1ccc(-c2ccc(OC3CN(CC(=O)N=C(N)C(C)C)C3)cn2)cc1F. The lowest BCUT2D eigenvalue weighted by atomic mass is 10.1. The number of nitrogens with two attached hydrogens (primary N) is 1. The van der Waals surface area contributed by atoms with Crippen molar-refractivity contribution in [3.8, 4) is 17.0 Å². The third-order valence-corrected chi connectivity index (χ3v) is 5.10. The van der Waals surface area contributed by atoms with Gasteiger partial charge in [-0.2, -0.15) is 4.99 Å². The molecule has 1 fully saturated rings. The average molecular weight is 456 g/mol. The Bertz CT molecular complexity index is 1030. The molecule has 2 heterocycles. The van der Waals surface area contributed by atoms with Crippen molar-refractivity contribution in [2.45, 2.75) is 39.8 Å². The second-order valence-corrected chi connectivity index (χ2v) is 8.72. The van der Waals surface area contributed by atoms with Gasteiger partial charge in [-0.3, -0.25) is 19.5 Å². The maximum atomic E-state index is 14.4. The van der Waals surface area contributed by atoms with E-state index in [2.05, 4.69) is 15.3 Å². The molecule has 1 aliphatic rings. The Hall–Kier alpha value is -3.33. The Balaban J connectivity index is 1.52. The van der Waals surface area contributed by atoms with Gasteiger partial charge >= 0.3 is 0 Å². The zero-order chi connectivity index (χ0) is 24.1. The molecule has 1 aromatic carbocycles. The molecule has 3 rings (SSSR count). The highest BCUT2D eigenvalue weighted by Gasteiger charge is 2.30. The fourth-order valence-electron chi connectivity index (χ4n) is 3.24. The van der Waals surface area contributed by atoms with Crippen LogP contribution in [-0.2, 0) is 4.79 Å². The molecule has 1 saturated heterocycles. The van der Waals surface area contributed by atoms with E-state index in [1.807, 2.05) is 32.6 Å². The summed E-state index contributed by atoms with van der Waals surface area (Å²) in [7, 11) is 0. The summed E-state index contributed by atoms with van der Waals surface area (Å²) in [6.45, 7) is 8.83. The molecule has 0 spiro atoms. The Morgan fingerprint density at radius 1 is 1.24 bits per heavy atom. The second kappa shape index (κ2) is 10.5. The molecule has 0 unspecified atom stereocenters. The number of nitrogens with one attached hydrogen (secondary N) is 1. The Labute approximate surface area is 193 Å². The van der Waals surface area contributed by atoms with Crippen LogP contribution < -0.4 is 15.8 Å². The molecule has 2 aromatic rings. The van der Waals surface area contributed by atoms with Gasteiger partial charge in [-0.05, 0) is 38.1 Å². The Kier molecular flexibility index (Phi) is 7.75. The Morgan fingerprint density at radius 2 is 1.97 bits per heavy atom. The van der Waals surface area contributed by atoms with Gasteiger partial charge in [-0.1, -0.05) is 19.9 Å². The largest absolute Gasteiger partial charge is 0.486 e. The van der Waals surface area contributed by atoms with E-state index in [1.165, 1.54) is 12.1 Å². The topological polar surface area (TPSA) is 110 Å². The van der Waals surface area contributed by atoms with Gasteiger partial charge in [0.05, 0.1) is 24.0 Å². The summed E-state index contributed by atoms with van der Waals surface area (Å²) in [6.07, 6.45) is 1.53. The van der Waals surface area contributed by atoms with Gasteiger partial charge in [0.1, 0.15) is 23.5 Å². The van der Waals surface area contributed by atoms with Crippen molar-refractivity contribution in [1.82, 2.24) is 15.2 Å². The lowest BCUT2D eigenvalue weighted by Gasteiger charge is -2.38. The molecule has 0 bridgehead atoms. The molecule has 176 valence electrons. The van der Waals surface area contributed by atoms with Crippen molar-refractivity contribution in [2.24, 2.45) is 16.6 Å². The third-order valence-electron chi connectivity index (χ3n) is 5.10. The van der Waals surface area contributed by atoms with E-state index in [4.69, 9.17) is 10.5 Å². The first kappa shape index (κ1) is 24.3. The van der Waals surface area contributed by atoms with Gasteiger partial charge in [0, 0.05) is 30.6 Å². The summed E-state index contributed by atoms with van der Waals surface area (Å²) in [5, 5.41) is 2.68. The molecule has 8 nitrogen and oxygen atoms in total. The van der Waals surface area contributed by atoms with E-state index < -0.39 is 11.7 Å². The molecule has 3 N–H and O–H groups in total. The minimum Gasteiger partial charge on any atom is -0.486 e. The number of nitrogens with zero attached hydrogens (tertiary/aromatic N) is 3. The van der Waals surface area contributed by atoms with Crippen LogP contribution >= 0.6 is 0 Å². The lowest BCUT2D eigenvalue weighted by Crippen LogP contribution is -2.55. The van der Waals surface area contributed by atoms with Crippen molar-refractivity contribution in [2.75, 3.05) is 19.6 Å². The van der Waals surface area contributed by atoms with Gasteiger partial charge in [0.25, 0.3) is 11.8 Å². The maximum absolute atomic E-state index is 14.4. The first-order valence-corrected chi connectivity index (χ1v) is 10.9. The van der Waals surface area contributed by atoms with Crippen molar-refractivity contribution in [3.63, 3.8) is 0 Å². The zero-order valence-electron chi connectivity index (χ0n) is 19.3. The summed E-state index contributed by atoms with van der Waals surface area (Å²) in [6, 6.07) is 7.84. The number of benzene rings is 1. The molecule has 0 atom stereocenters. The molecule has 1 aromatic heterocycles. The highest BCUT2D eigenvalue weighted by Crippen LogP contribution is 2.24. The summed E-state index contributed by atoms with van der Waals surface area (Å²) < 4.78 is 20.3. The minimum atomic E-state index is -0.601. The van der Waals surface area contributed by atoms with Crippen LogP contribution in [0.4, 0.5) is 4.39 Å². The summed E-state index contributed by atoms with van der Waals surface area (Å²) in [4.78, 5) is 34.1. The first-order chi connectivity index (χ1) is 15.6. The number of aliphatic imine (C=N–C) groups is 1. The van der Waals surface area contributed by atoms with Crippen LogP contribution in [-0.4, -0.2) is 59.3 Å². The molecule has 0 aliphatic carbocycles. The van der Waals surface area contributed by atoms with Crippen LogP contribution in [0.5, 0.6) is 5.75 Å². The number of likely N-dealkylation sites (tertiary alicyclic amines) is 1. The Morgan fingerprint density at radius 3 is 2.55 bits per heavy atom. The molecular weight excluding hydrogens is 425 g/mol. The van der Waals surface area contributed by atoms with E-state index in [0.717, 1.165) is 0 Å². The molecule has 9 heteroatoms. The first-order valence-electron chi connectivity index (χ1n) is 10.9. The van der Waals surface area contributed by atoms with Gasteiger partial charge in [-0.15, -0.1) is 0 Å². The minimum absolute atomic E-state index is 0.00185. The number of pyridine rings is 1. The number of rotatable bonds is 8. The van der Waals surface area contributed by atoms with Crippen LogP contribution in [0, 0.1) is 11.7 Å². The number of aromatic nitrogens is 1. The van der Waals surface area contributed by atoms with Crippen molar-refractivity contribution < 1.29 is 18.7 Å². The van der Waals surface area contributed by atoms with Crippen LogP contribution in [0.15, 0.2) is 41.5 Å². The maximum Gasteiger partial charge on any atom is 0.261 e. The molecule has 0 saturated carbocycles. The van der Waals surface area contributed by atoms with E-state index in [1.54, 1.807) is 24.4 Å². The average Bonchev–Trinajstić information content (AvgIpc) is 2.71. The number of hydrogen-bond donors (Lipinski definition) is 2. The van der Waals surface area contributed by atoms with Crippen LogP contribution in [0.1, 0.15) is 38.1 Å². The summed E-state index contributed by atoms with van der Waals surface area (Å²) in [5.41, 5.74) is 6.85. The number of ether oxygens (including phenoxy) is 1. The van der Waals surface area contributed by atoms with Crippen LogP contribution in [0.3, 0.4) is 0 Å². The quantitative estimate of drug-likeness (QED) is 0.468.